The van der Waals surface area contributed by atoms with Crippen LogP contribution >= 0.6 is 0 Å². The second kappa shape index (κ2) is 8.98. The fraction of sp³-hybridized carbons (Fsp3) is 0.286. The van der Waals surface area contributed by atoms with Crippen molar-refractivity contribution in [2.24, 2.45) is 0 Å². The van der Waals surface area contributed by atoms with Crippen molar-refractivity contribution in [3.05, 3.63) is 64.7 Å². The molecule has 0 saturated carbocycles. The van der Waals surface area contributed by atoms with Crippen LogP contribution in [0.15, 0.2) is 42.5 Å². The van der Waals surface area contributed by atoms with Crippen LogP contribution in [0.25, 0.3) is 0 Å². The van der Waals surface area contributed by atoms with Crippen LogP contribution in [-0.2, 0) is 14.3 Å². The SMILES string of the molecule is Cc1ccc(C(=O)OCC(=O)Nc2ccc(C(=O)OC(C)C)cc2)c(C)c1. The van der Waals surface area contributed by atoms with Crippen molar-refractivity contribution in [1.29, 1.82) is 0 Å². The molecule has 2 rings (SSSR count). The van der Waals surface area contributed by atoms with E-state index in [0.29, 0.717) is 16.8 Å². The number of hydrogen-bond donors (Lipinski definition) is 1. The number of esters is 2. The van der Waals surface area contributed by atoms with E-state index >= 15 is 0 Å². The van der Waals surface area contributed by atoms with Crippen LogP contribution in [-0.4, -0.2) is 30.6 Å². The number of ether oxygens (including phenoxy) is 2. The molecule has 0 spiro atoms. The smallest absolute Gasteiger partial charge is 0.338 e. The van der Waals surface area contributed by atoms with Gasteiger partial charge < -0.3 is 14.8 Å². The van der Waals surface area contributed by atoms with Crippen molar-refractivity contribution in [1.82, 2.24) is 0 Å². The Hall–Kier alpha value is -3.15. The molecule has 0 aromatic heterocycles. The van der Waals surface area contributed by atoms with E-state index in [1.54, 1.807) is 44.2 Å². The minimum atomic E-state index is -0.547. The third-order valence-electron chi connectivity index (χ3n) is 3.68. The normalized spacial score (nSPS) is 10.4. The maximum atomic E-state index is 12.1. The van der Waals surface area contributed by atoms with E-state index in [9.17, 15) is 14.4 Å². The standard InChI is InChI=1S/C21H23NO5/c1-13(2)27-20(24)16-6-8-17(9-7-16)22-19(23)12-26-21(25)18-10-5-14(3)11-15(18)4/h5-11,13H,12H2,1-4H3,(H,22,23). The first-order valence-corrected chi connectivity index (χ1v) is 8.61. The minimum absolute atomic E-state index is 0.205. The molecule has 0 radical (unpaired) electrons. The largest absolute Gasteiger partial charge is 0.459 e. The highest BCUT2D eigenvalue weighted by atomic mass is 16.5. The molecule has 0 saturated heterocycles. The molecular formula is C21H23NO5. The Kier molecular flexibility index (Phi) is 6.71. The number of amides is 1. The summed E-state index contributed by atoms with van der Waals surface area (Å²) in [6, 6.07) is 11.7. The summed E-state index contributed by atoms with van der Waals surface area (Å²) < 4.78 is 10.2. The maximum Gasteiger partial charge on any atom is 0.338 e. The lowest BCUT2D eigenvalue weighted by Crippen LogP contribution is -2.21. The van der Waals surface area contributed by atoms with E-state index in [2.05, 4.69) is 5.32 Å². The molecular weight excluding hydrogens is 346 g/mol. The molecule has 6 heteroatoms. The number of aryl methyl sites for hydroxylation is 2. The monoisotopic (exact) mass is 369 g/mol. The number of carbonyl (C=O) groups excluding carboxylic acids is 3. The van der Waals surface area contributed by atoms with Crippen LogP contribution in [0.4, 0.5) is 5.69 Å². The molecule has 0 aliphatic carbocycles. The van der Waals surface area contributed by atoms with Gasteiger partial charge in [0, 0.05) is 5.69 Å². The average Bonchev–Trinajstić information content (AvgIpc) is 2.59. The van der Waals surface area contributed by atoms with Crippen LogP contribution in [0.5, 0.6) is 0 Å². The second-order valence-electron chi connectivity index (χ2n) is 6.47. The predicted octanol–water partition coefficient (Wildman–Crippen LogP) is 3.66. The van der Waals surface area contributed by atoms with E-state index in [4.69, 9.17) is 9.47 Å². The van der Waals surface area contributed by atoms with E-state index in [1.807, 2.05) is 26.0 Å². The van der Waals surface area contributed by atoms with Crippen molar-refractivity contribution in [2.45, 2.75) is 33.8 Å². The third-order valence-corrected chi connectivity index (χ3v) is 3.68. The number of hydrogen-bond acceptors (Lipinski definition) is 5. The Labute approximate surface area is 158 Å². The Morgan fingerprint density at radius 2 is 1.63 bits per heavy atom. The average molecular weight is 369 g/mol. The third kappa shape index (κ3) is 5.95. The molecule has 27 heavy (non-hydrogen) atoms. The van der Waals surface area contributed by atoms with Gasteiger partial charge in [-0.2, -0.15) is 0 Å². The number of anilines is 1. The Morgan fingerprint density at radius 1 is 0.963 bits per heavy atom. The maximum absolute atomic E-state index is 12.1. The number of benzene rings is 2. The van der Waals surface area contributed by atoms with E-state index in [1.165, 1.54) is 0 Å². The summed E-state index contributed by atoms with van der Waals surface area (Å²) in [6.07, 6.45) is -0.205. The summed E-state index contributed by atoms with van der Waals surface area (Å²) in [5.74, 6) is -1.44. The lowest BCUT2D eigenvalue weighted by atomic mass is 10.1. The first-order valence-electron chi connectivity index (χ1n) is 8.61. The fourth-order valence-electron chi connectivity index (χ4n) is 2.42. The van der Waals surface area contributed by atoms with Crippen LogP contribution in [0.3, 0.4) is 0 Å². The molecule has 1 N–H and O–H groups in total. The van der Waals surface area contributed by atoms with Crippen LogP contribution in [0.2, 0.25) is 0 Å². The van der Waals surface area contributed by atoms with Gasteiger partial charge in [-0.05, 0) is 63.6 Å². The predicted molar refractivity (Wildman–Crippen MR) is 102 cm³/mol. The second-order valence-corrected chi connectivity index (χ2v) is 6.47. The van der Waals surface area contributed by atoms with Gasteiger partial charge in [0.05, 0.1) is 17.2 Å². The summed E-state index contributed by atoms with van der Waals surface area (Å²) in [6.45, 7) is 6.89. The van der Waals surface area contributed by atoms with Crippen molar-refractivity contribution >= 4 is 23.5 Å². The molecule has 0 unspecified atom stereocenters. The molecule has 0 atom stereocenters. The number of rotatable bonds is 6. The van der Waals surface area contributed by atoms with Crippen molar-refractivity contribution < 1.29 is 23.9 Å². The van der Waals surface area contributed by atoms with Gasteiger partial charge in [0.25, 0.3) is 5.91 Å². The first-order chi connectivity index (χ1) is 12.8. The van der Waals surface area contributed by atoms with Gasteiger partial charge in [-0.1, -0.05) is 17.7 Å². The first kappa shape index (κ1) is 20.2. The Balaban J connectivity index is 1.88. The molecule has 0 aliphatic heterocycles. The van der Waals surface area contributed by atoms with Gasteiger partial charge in [-0.25, -0.2) is 9.59 Å². The summed E-state index contributed by atoms with van der Waals surface area (Å²) in [4.78, 5) is 35.8. The molecule has 1 amide bonds. The summed E-state index contributed by atoms with van der Waals surface area (Å²) in [5.41, 5.74) is 3.15. The topological polar surface area (TPSA) is 81.7 Å². The zero-order valence-corrected chi connectivity index (χ0v) is 15.9. The highest BCUT2D eigenvalue weighted by molar-refractivity contribution is 5.96. The Bertz CT molecular complexity index is 840. The molecule has 6 nitrogen and oxygen atoms in total. The highest BCUT2D eigenvalue weighted by Gasteiger charge is 2.13. The van der Waals surface area contributed by atoms with Crippen molar-refractivity contribution in [3.63, 3.8) is 0 Å². The summed E-state index contributed by atoms with van der Waals surface area (Å²) in [5, 5.41) is 2.61. The van der Waals surface area contributed by atoms with E-state index in [0.717, 1.165) is 11.1 Å². The number of carbonyl (C=O) groups is 3. The molecule has 142 valence electrons. The summed E-state index contributed by atoms with van der Waals surface area (Å²) >= 11 is 0. The van der Waals surface area contributed by atoms with Gasteiger partial charge in [-0.3, -0.25) is 4.79 Å². The van der Waals surface area contributed by atoms with Gasteiger partial charge in [0.15, 0.2) is 6.61 Å². The van der Waals surface area contributed by atoms with Crippen molar-refractivity contribution in [2.75, 3.05) is 11.9 Å². The quantitative estimate of drug-likeness (QED) is 0.786. The minimum Gasteiger partial charge on any atom is -0.459 e. The summed E-state index contributed by atoms with van der Waals surface area (Å²) in [7, 11) is 0. The lowest BCUT2D eigenvalue weighted by molar-refractivity contribution is -0.119. The van der Waals surface area contributed by atoms with Crippen LogP contribution in [0, 0.1) is 13.8 Å². The lowest BCUT2D eigenvalue weighted by Gasteiger charge is -2.10. The molecule has 0 aliphatic rings. The van der Waals surface area contributed by atoms with Crippen LogP contribution < -0.4 is 5.32 Å². The zero-order chi connectivity index (χ0) is 20.0. The van der Waals surface area contributed by atoms with Gasteiger partial charge in [0.1, 0.15) is 0 Å². The fourth-order valence-corrected chi connectivity index (χ4v) is 2.42. The molecule has 0 heterocycles. The molecule has 2 aromatic carbocycles. The zero-order valence-electron chi connectivity index (χ0n) is 15.9. The highest BCUT2D eigenvalue weighted by Crippen LogP contribution is 2.13. The van der Waals surface area contributed by atoms with Gasteiger partial charge >= 0.3 is 11.9 Å². The number of nitrogens with one attached hydrogen (secondary N) is 1. The molecule has 0 fully saturated rings. The Morgan fingerprint density at radius 3 is 2.22 bits per heavy atom. The van der Waals surface area contributed by atoms with Gasteiger partial charge in [0.2, 0.25) is 0 Å². The molecule has 2 aromatic rings. The molecule has 0 bridgehead atoms. The van der Waals surface area contributed by atoms with Crippen LogP contribution in [0.1, 0.15) is 45.7 Å². The van der Waals surface area contributed by atoms with Gasteiger partial charge in [-0.15, -0.1) is 0 Å². The van der Waals surface area contributed by atoms with E-state index in [-0.39, 0.29) is 6.10 Å². The van der Waals surface area contributed by atoms with E-state index < -0.39 is 24.5 Å². The van der Waals surface area contributed by atoms with Crippen molar-refractivity contribution in [3.8, 4) is 0 Å².